The zero-order valence-electron chi connectivity index (χ0n) is 12.2. The van der Waals surface area contributed by atoms with Gasteiger partial charge in [-0.1, -0.05) is 56.7 Å². The highest BCUT2D eigenvalue weighted by Crippen LogP contribution is 2.52. The van der Waals surface area contributed by atoms with Gasteiger partial charge < -0.3 is 0 Å². The molecule has 0 radical (unpaired) electrons. The van der Waals surface area contributed by atoms with E-state index in [9.17, 15) is 0 Å². The van der Waals surface area contributed by atoms with Crippen LogP contribution >= 0.6 is 0 Å². The smallest absolute Gasteiger partial charge is 0.0101 e. The van der Waals surface area contributed by atoms with Crippen LogP contribution in [0.2, 0.25) is 0 Å². The van der Waals surface area contributed by atoms with Crippen molar-refractivity contribution in [2.45, 2.75) is 40.5 Å². The summed E-state index contributed by atoms with van der Waals surface area (Å²) in [5.41, 5.74) is 1.89. The second-order valence-corrected chi connectivity index (χ2v) is 7.68. The van der Waals surface area contributed by atoms with Gasteiger partial charge in [-0.25, -0.2) is 0 Å². The number of fused-ring (bicyclic) bond motifs is 3. The van der Waals surface area contributed by atoms with E-state index in [1.807, 2.05) is 0 Å². The largest absolute Gasteiger partial charge is 0.0846 e. The van der Waals surface area contributed by atoms with Gasteiger partial charge in [-0.15, -0.1) is 0 Å². The summed E-state index contributed by atoms with van der Waals surface area (Å²) in [4.78, 5) is 0. The van der Waals surface area contributed by atoms with E-state index in [-0.39, 0.29) is 0 Å². The summed E-state index contributed by atoms with van der Waals surface area (Å²) < 4.78 is 0. The van der Waals surface area contributed by atoms with E-state index in [1.165, 1.54) is 18.4 Å². The minimum absolute atomic E-state index is 0.427. The molecular formula is C18H26. The molecule has 0 nitrogen and oxygen atoms in total. The van der Waals surface area contributed by atoms with Crippen LogP contribution in [0.4, 0.5) is 0 Å². The van der Waals surface area contributed by atoms with E-state index in [2.05, 4.69) is 58.1 Å². The number of rotatable bonds is 0. The van der Waals surface area contributed by atoms with E-state index >= 15 is 0 Å². The van der Waals surface area contributed by atoms with Crippen LogP contribution in [0.1, 0.15) is 40.5 Å². The average Bonchev–Trinajstić information content (AvgIpc) is 2.63. The molecule has 0 heteroatoms. The van der Waals surface area contributed by atoms with Crippen molar-refractivity contribution in [2.24, 2.45) is 35.0 Å². The minimum atomic E-state index is 0.427. The van der Waals surface area contributed by atoms with Crippen molar-refractivity contribution in [1.82, 2.24) is 0 Å². The highest BCUT2D eigenvalue weighted by atomic mass is 14.5. The first kappa shape index (κ1) is 12.3. The maximum atomic E-state index is 2.55. The molecule has 98 valence electrons. The molecule has 3 rings (SSSR count). The summed E-state index contributed by atoms with van der Waals surface area (Å²) in [7, 11) is 0. The van der Waals surface area contributed by atoms with Crippen LogP contribution in [-0.4, -0.2) is 0 Å². The van der Waals surface area contributed by atoms with Crippen LogP contribution in [0.5, 0.6) is 0 Å². The van der Waals surface area contributed by atoms with Crippen molar-refractivity contribution in [3.8, 4) is 0 Å². The van der Waals surface area contributed by atoms with E-state index in [0.29, 0.717) is 5.41 Å². The third-order valence-corrected chi connectivity index (χ3v) is 5.35. The standard InChI is InChI=1S/C18H26/c1-12-5-7-16-13(9-12)10-14-11-15(18(2,3)4)6-8-17(14)16/h5-9,13-17H,10-11H2,1-4H3/t13-,14?,15?,16?,17?/m1/s1. The van der Waals surface area contributed by atoms with Crippen LogP contribution in [0, 0.1) is 35.0 Å². The van der Waals surface area contributed by atoms with E-state index in [1.54, 1.807) is 0 Å². The van der Waals surface area contributed by atoms with Crippen molar-refractivity contribution < 1.29 is 0 Å². The molecule has 0 amide bonds. The van der Waals surface area contributed by atoms with Crippen molar-refractivity contribution in [2.75, 3.05) is 0 Å². The van der Waals surface area contributed by atoms with Crippen molar-refractivity contribution >= 4 is 0 Å². The third kappa shape index (κ3) is 2.00. The first-order valence-electron chi connectivity index (χ1n) is 7.50. The van der Waals surface area contributed by atoms with Crippen molar-refractivity contribution in [1.29, 1.82) is 0 Å². The van der Waals surface area contributed by atoms with Crippen LogP contribution in [0.25, 0.3) is 0 Å². The van der Waals surface area contributed by atoms with Crippen molar-refractivity contribution in [3.63, 3.8) is 0 Å². The molecule has 1 saturated carbocycles. The predicted molar refractivity (Wildman–Crippen MR) is 78.2 cm³/mol. The van der Waals surface area contributed by atoms with Gasteiger partial charge in [0.25, 0.3) is 0 Å². The highest BCUT2D eigenvalue weighted by Gasteiger charge is 2.43. The SMILES string of the molecule is CC1=C[C@@H]2CC3CC(C(C)(C)C)C=CC3C2C=C1. The second kappa shape index (κ2) is 4.11. The Morgan fingerprint density at radius 1 is 1.00 bits per heavy atom. The fourth-order valence-electron chi connectivity index (χ4n) is 4.22. The predicted octanol–water partition coefficient (Wildman–Crippen LogP) is 4.99. The Balaban J connectivity index is 1.82. The molecule has 4 unspecified atom stereocenters. The molecular weight excluding hydrogens is 216 g/mol. The Morgan fingerprint density at radius 2 is 1.78 bits per heavy atom. The zero-order valence-corrected chi connectivity index (χ0v) is 12.2. The Hall–Kier alpha value is -0.780. The normalized spacial score (nSPS) is 42.4. The zero-order chi connectivity index (χ0) is 12.9. The van der Waals surface area contributed by atoms with Crippen LogP contribution in [0.15, 0.2) is 36.0 Å². The van der Waals surface area contributed by atoms with E-state index in [4.69, 9.17) is 0 Å². The van der Waals surface area contributed by atoms with Crippen molar-refractivity contribution in [3.05, 3.63) is 36.0 Å². The second-order valence-electron chi connectivity index (χ2n) is 7.68. The van der Waals surface area contributed by atoms with Crippen LogP contribution in [-0.2, 0) is 0 Å². The Bertz CT molecular complexity index is 416. The highest BCUT2D eigenvalue weighted by molar-refractivity contribution is 5.28. The number of allylic oxidation sites excluding steroid dienone is 6. The summed E-state index contributed by atoms with van der Waals surface area (Å²) in [6, 6.07) is 0. The quantitative estimate of drug-likeness (QED) is 0.525. The summed E-state index contributed by atoms with van der Waals surface area (Å²) in [5, 5.41) is 0. The minimum Gasteiger partial charge on any atom is -0.0846 e. The monoisotopic (exact) mass is 242 g/mol. The Labute approximate surface area is 112 Å². The van der Waals surface area contributed by atoms with Gasteiger partial charge in [-0.05, 0) is 54.8 Å². The lowest BCUT2D eigenvalue weighted by Gasteiger charge is -2.36. The molecule has 0 saturated heterocycles. The molecule has 3 aliphatic carbocycles. The van der Waals surface area contributed by atoms with E-state index in [0.717, 1.165) is 29.6 Å². The molecule has 0 N–H and O–H groups in total. The molecule has 0 aliphatic heterocycles. The Kier molecular flexibility index (Phi) is 2.80. The lowest BCUT2D eigenvalue weighted by Crippen LogP contribution is -2.27. The molecule has 0 bridgehead atoms. The lowest BCUT2D eigenvalue weighted by molar-refractivity contribution is 0.211. The lowest BCUT2D eigenvalue weighted by atomic mass is 9.69. The van der Waals surface area contributed by atoms with Crippen LogP contribution in [0.3, 0.4) is 0 Å². The summed E-state index contributed by atoms with van der Waals surface area (Å²) in [6.45, 7) is 9.39. The van der Waals surface area contributed by atoms with E-state index < -0.39 is 0 Å². The fraction of sp³-hybridized carbons (Fsp3) is 0.667. The van der Waals surface area contributed by atoms with Gasteiger partial charge in [0.2, 0.25) is 0 Å². The van der Waals surface area contributed by atoms with Gasteiger partial charge in [0.05, 0.1) is 0 Å². The van der Waals surface area contributed by atoms with Gasteiger partial charge in [0.1, 0.15) is 0 Å². The first-order valence-corrected chi connectivity index (χ1v) is 7.50. The summed E-state index contributed by atoms with van der Waals surface area (Å²) >= 11 is 0. The maximum Gasteiger partial charge on any atom is -0.0101 e. The first-order chi connectivity index (χ1) is 8.45. The fourth-order valence-corrected chi connectivity index (χ4v) is 4.22. The topological polar surface area (TPSA) is 0 Å². The molecule has 0 heterocycles. The number of hydrogen-bond donors (Lipinski definition) is 0. The summed E-state index contributed by atoms with van der Waals surface area (Å²) in [6.07, 6.45) is 15.2. The number of hydrogen-bond acceptors (Lipinski definition) is 0. The molecule has 5 atom stereocenters. The van der Waals surface area contributed by atoms with Gasteiger partial charge >= 0.3 is 0 Å². The van der Waals surface area contributed by atoms with Crippen LogP contribution < -0.4 is 0 Å². The molecule has 0 aromatic rings. The molecule has 0 spiro atoms. The van der Waals surface area contributed by atoms with Gasteiger partial charge in [-0.3, -0.25) is 0 Å². The molecule has 0 aromatic carbocycles. The average molecular weight is 242 g/mol. The van der Waals surface area contributed by atoms with Gasteiger partial charge in [0.15, 0.2) is 0 Å². The Morgan fingerprint density at radius 3 is 2.50 bits per heavy atom. The molecule has 1 fully saturated rings. The maximum absolute atomic E-state index is 2.55. The van der Waals surface area contributed by atoms with Gasteiger partial charge in [0, 0.05) is 0 Å². The molecule has 18 heavy (non-hydrogen) atoms. The summed E-state index contributed by atoms with van der Waals surface area (Å²) in [5.74, 6) is 4.10. The van der Waals surface area contributed by atoms with Gasteiger partial charge in [-0.2, -0.15) is 0 Å². The molecule has 0 aromatic heterocycles. The third-order valence-electron chi connectivity index (χ3n) is 5.35. The molecule has 3 aliphatic rings.